The summed E-state index contributed by atoms with van der Waals surface area (Å²) in [6.45, 7) is -5.98. The van der Waals surface area contributed by atoms with Crippen molar-refractivity contribution >= 4 is 29.1 Å². The molecule has 0 fully saturated rings. The van der Waals surface area contributed by atoms with E-state index in [9.17, 15) is 14.7 Å². The Kier molecular flexibility index (Phi) is 3.89. The average Bonchev–Trinajstić information content (AvgIpc) is 2.71. The van der Waals surface area contributed by atoms with E-state index < -0.39 is 48.4 Å². The van der Waals surface area contributed by atoms with E-state index in [-0.39, 0.29) is 27.4 Å². The van der Waals surface area contributed by atoms with Gasteiger partial charge >= 0.3 is 5.69 Å². The number of hydrazone groups is 1. The van der Waals surface area contributed by atoms with Gasteiger partial charge in [-0.3, -0.25) is 15.2 Å². The van der Waals surface area contributed by atoms with Gasteiger partial charge in [0.1, 0.15) is 6.07 Å². The monoisotopic (exact) mass is 442 g/mol. The van der Waals surface area contributed by atoms with E-state index >= 15 is 0 Å². The number of hydrogen-bond acceptors (Lipinski definition) is 8. The summed E-state index contributed by atoms with van der Waals surface area (Å²) in [5, 5.41) is 26.0. The van der Waals surface area contributed by atoms with Crippen molar-refractivity contribution in [1.82, 2.24) is 20.2 Å². The molecule has 2 heterocycles. The number of nitrogens with zero attached hydrogens (tertiary/aromatic N) is 4. The molecule has 1 aromatic heterocycles. The van der Waals surface area contributed by atoms with Gasteiger partial charge in [-0.15, -0.1) is 10.2 Å². The van der Waals surface area contributed by atoms with Gasteiger partial charge in [0, 0.05) is 14.3 Å². The minimum absolute atomic E-state index is 0.0367. The number of aliphatic hydroxyl groups excluding tert-OH is 1. The second-order valence-electron chi connectivity index (χ2n) is 5.53. The van der Waals surface area contributed by atoms with Crippen LogP contribution in [0.3, 0.4) is 0 Å². The van der Waals surface area contributed by atoms with Gasteiger partial charge in [-0.1, -0.05) is 36.9 Å². The van der Waals surface area contributed by atoms with Crippen molar-refractivity contribution in [3.05, 3.63) is 60.4 Å². The van der Waals surface area contributed by atoms with Crippen LogP contribution < -0.4 is 21.4 Å². The summed E-state index contributed by atoms with van der Waals surface area (Å²) < 4.78 is 51.7. The molecule has 1 aliphatic rings. The van der Waals surface area contributed by atoms with E-state index in [2.05, 4.69) is 15.6 Å². The fraction of sp³-hybridized carbons (Fsp3) is 0.235. The number of ether oxygens (including phenoxy) is 1. The van der Waals surface area contributed by atoms with Crippen LogP contribution in [0.5, 0.6) is 5.75 Å². The lowest BCUT2D eigenvalue weighted by atomic mass is 10.0. The maximum atomic E-state index is 12.1. The van der Waals surface area contributed by atoms with Crippen LogP contribution in [0.1, 0.15) is 27.6 Å². The van der Waals surface area contributed by atoms with Crippen molar-refractivity contribution in [2.24, 2.45) is 11.0 Å². The zero-order valence-corrected chi connectivity index (χ0v) is 15.6. The molecule has 10 nitrogen and oxygen atoms in total. The standard InChI is InChI=1S/C17H14Cl2N6O4/c1-7(2)9-5-13(22-23-15(9)26)29-14-10(18)3-8(4-11(14)19)25-17(28)21-16(27)12(6-20)24-25/h3-5,7,15,23,26H,1-2H3,(H,21,27,28)/i1D3,2D3. The highest BCUT2D eigenvalue weighted by atomic mass is 35.5. The summed E-state index contributed by atoms with van der Waals surface area (Å²) in [5.41, 5.74) is -0.832. The molecule has 1 unspecified atom stereocenters. The first-order valence-electron chi connectivity index (χ1n) is 10.7. The number of benzene rings is 1. The van der Waals surface area contributed by atoms with E-state index in [0.29, 0.717) is 4.68 Å². The molecular weight excluding hydrogens is 423 g/mol. The zero-order chi connectivity index (χ0) is 26.3. The Morgan fingerprint density at radius 3 is 2.69 bits per heavy atom. The van der Waals surface area contributed by atoms with Crippen molar-refractivity contribution < 1.29 is 18.1 Å². The van der Waals surface area contributed by atoms with E-state index in [1.807, 2.05) is 4.98 Å². The van der Waals surface area contributed by atoms with Crippen molar-refractivity contribution in [1.29, 1.82) is 5.26 Å². The van der Waals surface area contributed by atoms with E-state index in [0.717, 1.165) is 6.08 Å². The third-order valence-electron chi connectivity index (χ3n) is 3.60. The lowest BCUT2D eigenvalue weighted by molar-refractivity contribution is 0.161. The number of H-pyrrole nitrogens is 1. The summed E-state index contributed by atoms with van der Waals surface area (Å²) in [6.07, 6.45) is -0.771. The highest BCUT2D eigenvalue weighted by Crippen LogP contribution is 2.35. The third-order valence-corrected chi connectivity index (χ3v) is 4.17. The van der Waals surface area contributed by atoms with Gasteiger partial charge in [0.25, 0.3) is 5.56 Å². The fourth-order valence-corrected chi connectivity index (χ4v) is 2.82. The first kappa shape index (κ1) is 13.9. The van der Waals surface area contributed by atoms with Crippen LogP contribution in [0.2, 0.25) is 10.0 Å². The molecule has 1 aliphatic heterocycles. The third kappa shape index (κ3) is 4.17. The smallest absolute Gasteiger partial charge is 0.349 e. The molecular formula is C17H14Cl2N6O4. The summed E-state index contributed by atoms with van der Waals surface area (Å²) in [5.74, 6) is -2.62. The van der Waals surface area contributed by atoms with Crippen LogP contribution in [-0.2, 0) is 0 Å². The highest BCUT2D eigenvalue weighted by Gasteiger charge is 2.21. The number of nitrogens with one attached hydrogen (secondary N) is 2. The Hall–Kier alpha value is -3.13. The number of aromatic amines is 1. The lowest BCUT2D eigenvalue weighted by Crippen LogP contribution is -2.34. The van der Waals surface area contributed by atoms with Crippen LogP contribution in [0, 0.1) is 17.2 Å². The first-order chi connectivity index (χ1) is 16.1. The average molecular weight is 443 g/mol. The molecule has 0 amide bonds. The normalized spacial score (nSPS) is 19.9. The molecule has 0 saturated carbocycles. The van der Waals surface area contributed by atoms with Crippen molar-refractivity contribution in [2.45, 2.75) is 19.9 Å². The summed E-state index contributed by atoms with van der Waals surface area (Å²) >= 11 is 12.4. The lowest BCUT2D eigenvalue weighted by Gasteiger charge is -2.23. The zero-order valence-electron chi connectivity index (χ0n) is 20.1. The van der Waals surface area contributed by atoms with Crippen molar-refractivity contribution in [3.63, 3.8) is 0 Å². The van der Waals surface area contributed by atoms with E-state index in [1.165, 1.54) is 18.2 Å². The molecule has 3 rings (SSSR count). The molecule has 0 spiro atoms. The summed E-state index contributed by atoms with van der Waals surface area (Å²) in [7, 11) is 0. The Balaban J connectivity index is 2.01. The molecule has 1 atom stereocenters. The minimum atomic E-state index is -2.99. The van der Waals surface area contributed by atoms with Gasteiger partial charge in [0.2, 0.25) is 11.6 Å². The summed E-state index contributed by atoms with van der Waals surface area (Å²) in [6, 6.07) is 3.86. The molecule has 0 saturated heterocycles. The molecule has 150 valence electrons. The maximum absolute atomic E-state index is 12.1. The SMILES string of the molecule is [2H]C([2H])([2H])C(C1=CC(Oc2c(Cl)cc(-n3nc(C#N)c(=O)[nH]c3=O)cc2Cl)=NNC1O)C([2H])([2H])[2H]. The van der Waals surface area contributed by atoms with Crippen LogP contribution in [0.4, 0.5) is 0 Å². The number of nitriles is 1. The number of rotatable bonds is 3. The molecule has 2 aromatic rings. The van der Waals surface area contributed by atoms with Gasteiger partial charge < -0.3 is 9.84 Å². The largest absolute Gasteiger partial charge is 0.434 e. The van der Waals surface area contributed by atoms with Gasteiger partial charge in [0.05, 0.1) is 15.7 Å². The first-order valence-corrected chi connectivity index (χ1v) is 8.43. The van der Waals surface area contributed by atoms with Gasteiger partial charge in [-0.25, -0.2) is 4.79 Å². The molecule has 1 aromatic carbocycles. The number of aromatic nitrogens is 3. The summed E-state index contributed by atoms with van der Waals surface area (Å²) in [4.78, 5) is 25.6. The predicted octanol–water partition coefficient (Wildman–Crippen LogP) is 1.30. The molecule has 0 radical (unpaired) electrons. The predicted molar refractivity (Wildman–Crippen MR) is 105 cm³/mol. The Morgan fingerprint density at radius 1 is 1.38 bits per heavy atom. The van der Waals surface area contributed by atoms with Gasteiger partial charge in [-0.2, -0.15) is 9.94 Å². The quantitative estimate of drug-likeness (QED) is 0.648. The van der Waals surface area contributed by atoms with E-state index in [4.69, 9.17) is 41.4 Å². The number of hydrogen-bond donors (Lipinski definition) is 3. The van der Waals surface area contributed by atoms with Crippen molar-refractivity contribution in [2.75, 3.05) is 0 Å². The Bertz CT molecular complexity index is 1350. The van der Waals surface area contributed by atoms with Crippen molar-refractivity contribution in [3.8, 4) is 17.5 Å². The van der Waals surface area contributed by atoms with Crippen LogP contribution in [0.15, 0.2) is 38.5 Å². The topological polar surface area (TPSA) is 145 Å². The maximum Gasteiger partial charge on any atom is 0.349 e. The minimum Gasteiger partial charge on any atom is -0.434 e. The molecule has 0 aliphatic carbocycles. The second-order valence-corrected chi connectivity index (χ2v) is 6.35. The fourth-order valence-electron chi connectivity index (χ4n) is 2.27. The molecule has 12 heteroatoms. The Morgan fingerprint density at radius 2 is 2.07 bits per heavy atom. The van der Waals surface area contributed by atoms with Crippen LogP contribution in [-0.4, -0.2) is 32.0 Å². The number of aliphatic hydroxyl groups is 1. The molecule has 29 heavy (non-hydrogen) atoms. The van der Waals surface area contributed by atoms with Gasteiger partial charge in [0.15, 0.2) is 12.0 Å². The van der Waals surface area contributed by atoms with Crippen LogP contribution >= 0.6 is 23.2 Å². The number of halogens is 2. The molecule has 0 bridgehead atoms. The van der Waals surface area contributed by atoms with Gasteiger partial charge in [-0.05, 0) is 23.6 Å². The molecule has 3 N–H and O–H groups in total. The second kappa shape index (κ2) is 8.08. The Labute approximate surface area is 182 Å². The van der Waals surface area contributed by atoms with Crippen LogP contribution in [0.25, 0.3) is 5.69 Å². The highest BCUT2D eigenvalue weighted by molar-refractivity contribution is 6.37. The van der Waals surface area contributed by atoms with E-state index in [1.54, 1.807) is 0 Å².